The number of hydrogen-bond donors (Lipinski definition) is 2. The molecule has 0 aromatic rings. The van der Waals surface area contributed by atoms with Crippen LogP contribution in [0.3, 0.4) is 0 Å². The van der Waals surface area contributed by atoms with Gasteiger partial charge in [0.25, 0.3) is 0 Å². The lowest BCUT2D eigenvalue weighted by atomic mass is 10.0. The van der Waals surface area contributed by atoms with Crippen molar-refractivity contribution in [3.05, 3.63) is 0 Å². The number of ether oxygens (including phenoxy) is 1. The quantitative estimate of drug-likeness (QED) is 0.468. The van der Waals surface area contributed by atoms with Crippen LogP contribution >= 0.6 is 0 Å². The highest BCUT2D eigenvalue weighted by Gasteiger charge is 2.11. The van der Waals surface area contributed by atoms with E-state index in [9.17, 15) is 0 Å². The van der Waals surface area contributed by atoms with Gasteiger partial charge in [-0.05, 0) is 25.2 Å². The Balaban J connectivity index is 2.09. The number of nitrogens with two attached hydrogens (primary N) is 1. The zero-order chi connectivity index (χ0) is 7.94. The van der Waals surface area contributed by atoms with Gasteiger partial charge in [0.1, 0.15) is 0 Å². The maximum Gasteiger partial charge on any atom is 0.0494 e. The monoisotopic (exact) mass is 158 g/mol. The summed E-state index contributed by atoms with van der Waals surface area (Å²) in [5.74, 6) is 5.92. The van der Waals surface area contributed by atoms with Crippen molar-refractivity contribution in [1.82, 2.24) is 5.43 Å². The van der Waals surface area contributed by atoms with Crippen LogP contribution in [0.1, 0.15) is 25.7 Å². The molecule has 1 heterocycles. The second-order valence-corrected chi connectivity index (χ2v) is 3.18. The summed E-state index contributed by atoms with van der Waals surface area (Å²) < 4.78 is 5.44. The molecule has 0 spiro atoms. The molecular formula is C8H18N2O. The smallest absolute Gasteiger partial charge is 0.0494 e. The van der Waals surface area contributed by atoms with Crippen LogP contribution in [0.5, 0.6) is 0 Å². The van der Waals surface area contributed by atoms with Gasteiger partial charge in [0.05, 0.1) is 0 Å². The minimum Gasteiger partial charge on any atom is -0.381 e. The summed E-state index contributed by atoms with van der Waals surface area (Å²) in [4.78, 5) is 0. The van der Waals surface area contributed by atoms with Gasteiger partial charge >= 0.3 is 0 Å². The summed E-state index contributed by atoms with van der Waals surface area (Å²) >= 11 is 0. The predicted molar refractivity (Wildman–Crippen MR) is 45.0 cm³/mol. The van der Waals surface area contributed by atoms with Gasteiger partial charge in [0.2, 0.25) is 0 Å². The molecule has 0 aliphatic carbocycles. The molecule has 1 unspecified atom stereocenters. The van der Waals surface area contributed by atoms with Gasteiger partial charge in [0, 0.05) is 19.8 Å². The molecule has 11 heavy (non-hydrogen) atoms. The minimum atomic E-state index is 0.730. The lowest BCUT2D eigenvalue weighted by molar-refractivity contribution is 0.113. The summed E-state index contributed by atoms with van der Waals surface area (Å²) in [6.45, 7) is 2.79. The Morgan fingerprint density at radius 2 is 2.36 bits per heavy atom. The maximum absolute atomic E-state index is 5.44. The molecule has 1 fully saturated rings. The zero-order valence-electron chi connectivity index (χ0n) is 7.01. The molecule has 1 rings (SSSR count). The topological polar surface area (TPSA) is 47.3 Å². The molecule has 0 aromatic heterocycles. The van der Waals surface area contributed by atoms with Crippen LogP contribution < -0.4 is 11.3 Å². The SMILES string of the molecule is NNCCC1CCCCOC1. The van der Waals surface area contributed by atoms with Gasteiger partial charge in [-0.1, -0.05) is 6.42 Å². The van der Waals surface area contributed by atoms with Gasteiger partial charge < -0.3 is 4.74 Å². The van der Waals surface area contributed by atoms with E-state index in [1.54, 1.807) is 0 Å². The molecule has 1 atom stereocenters. The second-order valence-electron chi connectivity index (χ2n) is 3.18. The van der Waals surface area contributed by atoms with Gasteiger partial charge in [-0.2, -0.15) is 0 Å². The lowest BCUT2D eigenvalue weighted by Crippen LogP contribution is -2.25. The van der Waals surface area contributed by atoms with E-state index < -0.39 is 0 Å². The molecule has 3 heteroatoms. The van der Waals surface area contributed by atoms with E-state index in [2.05, 4.69) is 5.43 Å². The van der Waals surface area contributed by atoms with E-state index >= 15 is 0 Å². The van der Waals surface area contributed by atoms with Crippen molar-refractivity contribution in [3.63, 3.8) is 0 Å². The Morgan fingerprint density at radius 3 is 3.18 bits per heavy atom. The molecule has 66 valence electrons. The van der Waals surface area contributed by atoms with Crippen molar-refractivity contribution in [2.24, 2.45) is 11.8 Å². The fourth-order valence-corrected chi connectivity index (χ4v) is 1.49. The van der Waals surface area contributed by atoms with E-state index in [0.29, 0.717) is 0 Å². The first-order valence-corrected chi connectivity index (χ1v) is 4.44. The van der Waals surface area contributed by atoms with Crippen molar-refractivity contribution >= 4 is 0 Å². The molecule has 0 amide bonds. The summed E-state index contributed by atoms with van der Waals surface area (Å²) in [5.41, 5.74) is 2.68. The standard InChI is InChI=1S/C8H18N2O/c9-10-5-4-8-3-1-2-6-11-7-8/h8,10H,1-7,9H2. The van der Waals surface area contributed by atoms with E-state index in [1.807, 2.05) is 0 Å². The molecular weight excluding hydrogens is 140 g/mol. The predicted octanol–water partition coefficient (Wildman–Crippen LogP) is 0.656. The third-order valence-electron chi connectivity index (χ3n) is 2.20. The van der Waals surface area contributed by atoms with Crippen molar-refractivity contribution in [3.8, 4) is 0 Å². The van der Waals surface area contributed by atoms with Crippen LogP contribution in [0.25, 0.3) is 0 Å². The van der Waals surface area contributed by atoms with Crippen LogP contribution in [0, 0.1) is 5.92 Å². The summed E-state index contributed by atoms with van der Waals surface area (Å²) in [6.07, 6.45) is 5.00. The third kappa shape index (κ3) is 3.70. The average molecular weight is 158 g/mol. The zero-order valence-corrected chi connectivity index (χ0v) is 7.01. The van der Waals surface area contributed by atoms with Crippen LogP contribution in [0.2, 0.25) is 0 Å². The van der Waals surface area contributed by atoms with Crippen LogP contribution in [0.15, 0.2) is 0 Å². The molecule has 1 aliphatic rings. The van der Waals surface area contributed by atoms with Gasteiger partial charge in [-0.15, -0.1) is 0 Å². The summed E-state index contributed by atoms with van der Waals surface area (Å²) in [7, 11) is 0. The largest absolute Gasteiger partial charge is 0.381 e. The van der Waals surface area contributed by atoms with Gasteiger partial charge in [-0.25, -0.2) is 0 Å². The molecule has 1 aliphatic heterocycles. The van der Waals surface area contributed by atoms with Crippen molar-refractivity contribution in [2.75, 3.05) is 19.8 Å². The lowest BCUT2D eigenvalue weighted by Gasteiger charge is -2.12. The maximum atomic E-state index is 5.44. The molecule has 3 nitrogen and oxygen atoms in total. The number of hydrazine groups is 1. The van der Waals surface area contributed by atoms with Gasteiger partial charge in [0.15, 0.2) is 0 Å². The Hall–Kier alpha value is -0.120. The highest BCUT2D eigenvalue weighted by atomic mass is 16.5. The first kappa shape index (κ1) is 8.97. The molecule has 1 saturated heterocycles. The fourth-order valence-electron chi connectivity index (χ4n) is 1.49. The molecule has 0 aromatic carbocycles. The highest BCUT2D eigenvalue weighted by Crippen LogP contribution is 2.16. The van der Waals surface area contributed by atoms with Crippen molar-refractivity contribution in [2.45, 2.75) is 25.7 Å². The minimum absolute atomic E-state index is 0.730. The van der Waals surface area contributed by atoms with E-state index in [4.69, 9.17) is 10.6 Å². The van der Waals surface area contributed by atoms with E-state index in [0.717, 1.165) is 32.1 Å². The van der Waals surface area contributed by atoms with Gasteiger partial charge in [-0.3, -0.25) is 11.3 Å². The second kappa shape index (κ2) is 5.52. The van der Waals surface area contributed by atoms with Crippen molar-refractivity contribution < 1.29 is 4.74 Å². The number of nitrogens with one attached hydrogen (secondary N) is 1. The Kier molecular flexibility index (Phi) is 4.50. The molecule has 0 bridgehead atoms. The van der Waals surface area contributed by atoms with Crippen LogP contribution in [-0.2, 0) is 4.74 Å². The molecule has 3 N–H and O–H groups in total. The summed E-state index contributed by atoms with van der Waals surface area (Å²) in [6, 6.07) is 0. The number of rotatable bonds is 3. The highest BCUT2D eigenvalue weighted by molar-refractivity contribution is 4.62. The normalized spacial score (nSPS) is 26.5. The van der Waals surface area contributed by atoms with E-state index in [1.165, 1.54) is 19.3 Å². The Morgan fingerprint density at radius 1 is 1.45 bits per heavy atom. The average Bonchev–Trinajstić information content (AvgIpc) is 2.28. The van der Waals surface area contributed by atoms with Crippen LogP contribution in [-0.4, -0.2) is 19.8 Å². The number of hydrogen-bond acceptors (Lipinski definition) is 3. The Labute approximate surface area is 68.3 Å². The van der Waals surface area contributed by atoms with E-state index in [-0.39, 0.29) is 0 Å². The first-order valence-electron chi connectivity index (χ1n) is 4.44. The van der Waals surface area contributed by atoms with Crippen LogP contribution in [0.4, 0.5) is 0 Å². The summed E-state index contributed by atoms with van der Waals surface area (Å²) in [5, 5.41) is 0. The van der Waals surface area contributed by atoms with Crippen molar-refractivity contribution in [1.29, 1.82) is 0 Å². The first-order chi connectivity index (χ1) is 5.43. The Bertz CT molecular complexity index is 90.1. The third-order valence-corrected chi connectivity index (χ3v) is 2.20. The molecule has 0 saturated carbocycles. The fraction of sp³-hybridized carbons (Fsp3) is 1.00. The molecule has 0 radical (unpaired) electrons.